The van der Waals surface area contributed by atoms with E-state index in [1.54, 1.807) is 0 Å². The number of hydrogen-bond donors (Lipinski definition) is 1. The summed E-state index contributed by atoms with van der Waals surface area (Å²) in [6.07, 6.45) is 4.37. The van der Waals surface area contributed by atoms with Gasteiger partial charge in [0.05, 0.1) is 5.69 Å². The molecule has 3 heterocycles. The molecule has 0 bridgehead atoms. The largest absolute Gasteiger partial charge is 0.361 e. The molecule has 6 nitrogen and oxygen atoms in total. The van der Waals surface area contributed by atoms with Gasteiger partial charge in [-0.2, -0.15) is 0 Å². The molecule has 1 aliphatic rings. The van der Waals surface area contributed by atoms with Gasteiger partial charge in [-0.25, -0.2) is 0 Å². The highest BCUT2D eigenvalue weighted by Gasteiger charge is 2.25. The number of carbonyl (C=O) groups excluding carboxylic acids is 1. The number of piperidine rings is 1. The molecule has 1 saturated heterocycles. The van der Waals surface area contributed by atoms with Crippen LogP contribution in [-0.4, -0.2) is 40.6 Å². The van der Waals surface area contributed by atoms with Crippen molar-refractivity contribution in [1.82, 2.24) is 15.0 Å². The average molecular weight is 328 g/mol. The molecule has 0 spiro atoms. The summed E-state index contributed by atoms with van der Waals surface area (Å²) in [4.78, 5) is 18.6. The molecule has 0 saturated carbocycles. The van der Waals surface area contributed by atoms with Gasteiger partial charge in [-0.1, -0.05) is 11.2 Å². The van der Waals surface area contributed by atoms with Crippen molar-refractivity contribution in [2.45, 2.75) is 39.0 Å². The third kappa shape index (κ3) is 3.33. The molecule has 1 amide bonds. The van der Waals surface area contributed by atoms with Gasteiger partial charge in [-0.05, 0) is 32.8 Å². The van der Waals surface area contributed by atoms with Crippen molar-refractivity contribution in [3.05, 3.63) is 35.5 Å². The number of nitrogens with zero attached hydrogens (tertiary/aromatic N) is 3. The van der Waals surface area contributed by atoms with E-state index in [0.29, 0.717) is 18.9 Å². The van der Waals surface area contributed by atoms with Gasteiger partial charge in [0.15, 0.2) is 0 Å². The van der Waals surface area contributed by atoms with E-state index in [4.69, 9.17) is 10.3 Å². The highest BCUT2D eigenvalue weighted by Crippen LogP contribution is 2.29. The first-order valence-corrected chi connectivity index (χ1v) is 8.47. The number of nitrogens with two attached hydrogens (primary N) is 1. The van der Waals surface area contributed by atoms with Crippen LogP contribution >= 0.6 is 0 Å². The molecule has 1 aliphatic heterocycles. The zero-order valence-corrected chi connectivity index (χ0v) is 14.3. The minimum Gasteiger partial charge on any atom is -0.361 e. The maximum absolute atomic E-state index is 12.1. The molecule has 1 fully saturated rings. The summed E-state index contributed by atoms with van der Waals surface area (Å²) in [5.74, 6) is 1.24. The van der Waals surface area contributed by atoms with Gasteiger partial charge in [0.1, 0.15) is 5.76 Å². The third-order valence-electron chi connectivity index (χ3n) is 4.66. The lowest BCUT2D eigenvalue weighted by atomic mass is 9.93. The fraction of sp³-hybridized carbons (Fsp3) is 0.500. The molecular formula is C18H24N4O2. The van der Waals surface area contributed by atoms with E-state index in [1.165, 1.54) is 0 Å². The second-order valence-electron chi connectivity index (χ2n) is 6.39. The summed E-state index contributed by atoms with van der Waals surface area (Å²) < 4.78 is 5.23. The highest BCUT2D eigenvalue weighted by atomic mass is 16.5. The Hall–Kier alpha value is -2.21. The van der Waals surface area contributed by atoms with Crippen LogP contribution in [0.4, 0.5) is 0 Å². The Kier molecular flexibility index (Phi) is 4.94. The number of likely N-dealkylation sites (tertiary alicyclic amines) is 1. The van der Waals surface area contributed by atoms with E-state index in [-0.39, 0.29) is 5.91 Å². The number of aryl methyl sites for hydroxylation is 2. The Bertz CT molecular complexity index is 689. The van der Waals surface area contributed by atoms with Gasteiger partial charge in [-0.3, -0.25) is 9.78 Å². The van der Waals surface area contributed by atoms with Crippen molar-refractivity contribution in [2.24, 2.45) is 5.73 Å². The Balaban J connectivity index is 1.75. The summed E-state index contributed by atoms with van der Waals surface area (Å²) in [6, 6.07) is 4.12. The van der Waals surface area contributed by atoms with Crippen LogP contribution in [0.1, 0.15) is 42.3 Å². The lowest BCUT2D eigenvalue weighted by Gasteiger charge is -2.32. The van der Waals surface area contributed by atoms with Crippen molar-refractivity contribution < 1.29 is 9.32 Å². The Labute approximate surface area is 142 Å². The second-order valence-corrected chi connectivity index (χ2v) is 6.39. The molecule has 2 N–H and O–H groups in total. The molecule has 2 aromatic heterocycles. The predicted molar refractivity (Wildman–Crippen MR) is 91.4 cm³/mol. The van der Waals surface area contributed by atoms with Gasteiger partial charge >= 0.3 is 0 Å². The van der Waals surface area contributed by atoms with Crippen LogP contribution in [0.15, 0.2) is 22.9 Å². The minimum absolute atomic E-state index is 0.148. The fourth-order valence-corrected chi connectivity index (χ4v) is 3.42. The summed E-state index contributed by atoms with van der Waals surface area (Å²) in [5.41, 5.74) is 9.43. The SMILES string of the molecule is Cc1noc(C)c1-c1ccc(C2CCCN(C(=O)CCN)C2)nc1. The quantitative estimate of drug-likeness (QED) is 0.931. The molecule has 0 aliphatic carbocycles. The van der Waals surface area contributed by atoms with Gasteiger partial charge in [0.2, 0.25) is 5.91 Å². The second kappa shape index (κ2) is 7.13. The molecule has 1 atom stereocenters. The normalized spacial score (nSPS) is 18.0. The van der Waals surface area contributed by atoms with Crippen molar-refractivity contribution in [1.29, 1.82) is 0 Å². The fourth-order valence-electron chi connectivity index (χ4n) is 3.42. The van der Waals surface area contributed by atoms with Crippen LogP contribution < -0.4 is 5.73 Å². The third-order valence-corrected chi connectivity index (χ3v) is 4.66. The lowest BCUT2D eigenvalue weighted by molar-refractivity contribution is -0.132. The van der Waals surface area contributed by atoms with E-state index < -0.39 is 0 Å². The van der Waals surface area contributed by atoms with Crippen molar-refractivity contribution in [2.75, 3.05) is 19.6 Å². The van der Waals surface area contributed by atoms with Crippen molar-refractivity contribution in [3.8, 4) is 11.1 Å². The van der Waals surface area contributed by atoms with E-state index in [0.717, 1.165) is 54.2 Å². The van der Waals surface area contributed by atoms with E-state index in [2.05, 4.69) is 22.3 Å². The smallest absolute Gasteiger partial charge is 0.223 e. The van der Waals surface area contributed by atoms with Crippen molar-refractivity contribution in [3.63, 3.8) is 0 Å². The minimum atomic E-state index is 0.148. The Morgan fingerprint density at radius 2 is 2.25 bits per heavy atom. The average Bonchev–Trinajstić information content (AvgIpc) is 2.94. The Morgan fingerprint density at radius 3 is 2.88 bits per heavy atom. The first-order valence-electron chi connectivity index (χ1n) is 8.47. The molecule has 2 aromatic rings. The summed E-state index contributed by atoms with van der Waals surface area (Å²) in [5, 5.41) is 3.99. The molecule has 6 heteroatoms. The van der Waals surface area contributed by atoms with Gasteiger partial charge < -0.3 is 15.2 Å². The maximum atomic E-state index is 12.1. The molecule has 1 unspecified atom stereocenters. The number of rotatable bonds is 4. The number of hydrogen-bond acceptors (Lipinski definition) is 5. The zero-order valence-electron chi connectivity index (χ0n) is 14.3. The molecule has 0 radical (unpaired) electrons. The van der Waals surface area contributed by atoms with E-state index in [9.17, 15) is 4.79 Å². The zero-order chi connectivity index (χ0) is 17.1. The van der Waals surface area contributed by atoms with Crippen molar-refractivity contribution >= 4 is 5.91 Å². The first-order chi connectivity index (χ1) is 11.6. The summed E-state index contributed by atoms with van der Waals surface area (Å²) in [7, 11) is 0. The number of pyridine rings is 1. The Morgan fingerprint density at radius 1 is 1.42 bits per heavy atom. The van der Waals surface area contributed by atoms with Crippen LogP contribution in [0.2, 0.25) is 0 Å². The monoisotopic (exact) mass is 328 g/mol. The van der Waals surface area contributed by atoms with E-state index >= 15 is 0 Å². The number of amides is 1. The van der Waals surface area contributed by atoms with Gasteiger partial charge in [0.25, 0.3) is 0 Å². The maximum Gasteiger partial charge on any atom is 0.223 e. The van der Waals surface area contributed by atoms with Crippen LogP contribution in [0, 0.1) is 13.8 Å². The topological polar surface area (TPSA) is 85.2 Å². The standard InChI is InChI=1S/C18H24N4O2/c1-12-18(13(2)24-21-12)14-5-6-16(20-10-14)15-4-3-9-22(11-15)17(23)7-8-19/h5-6,10,15H,3-4,7-9,11,19H2,1-2H3. The summed E-state index contributed by atoms with van der Waals surface area (Å²) >= 11 is 0. The molecule has 0 aromatic carbocycles. The molecule has 3 rings (SSSR count). The predicted octanol–water partition coefficient (Wildman–Crippen LogP) is 2.41. The van der Waals surface area contributed by atoms with Gasteiger partial charge in [-0.15, -0.1) is 0 Å². The molecule has 128 valence electrons. The van der Waals surface area contributed by atoms with E-state index in [1.807, 2.05) is 24.9 Å². The summed E-state index contributed by atoms with van der Waals surface area (Å²) in [6.45, 7) is 5.81. The van der Waals surface area contributed by atoms with Crippen LogP contribution in [0.25, 0.3) is 11.1 Å². The number of carbonyl (C=O) groups is 1. The molecule has 24 heavy (non-hydrogen) atoms. The first kappa shape index (κ1) is 16.6. The van der Waals surface area contributed by atoms with Crippen LogP contribution in [-0.2, 0) is 4.79 Å². The van der Waals surface area contributed by atoms with Crippen LogP contribution in [0.5, 0.6) is 0 Å². The van der Waals surface area contributed by atoms with Gasteiger partial charge in [0, 0.05) is 55.0 Å². The highest BCUT2D eigenvalue weighted by molar-refractivity contribution is 5.76. The number of aromatic nitrogens is 2. The van der Waals surface area contributed by atoms with Crippen LogP contribution in [0.3, 0.4) is 0 Å². The lowest BCUT2D eigenvalue weighted by Crippen LogP contribution is -2.40. The molecular weight excluding hydrogens is 304 g/mol.